The summed E-state index contributed by atoms with van der Waals surface area (Å²) in [7, 11) is -3.39. The Balaban J connectivity index is 2.10. The van der Waals surface area contributed by atoms with E-state index in [0.29, 0.717) is 5.69 Å². The van der Waals surface area contributed by atoms with Crippen LogP contribution < -0.4 is 4.72 Å². The fourth-order valence-electron chi connectivity index (χ4n) is 1.98. The molecule has 1 atom stereocenters. The van der Waals surface area contributed by atoms with Gasteiger partial charge in [-0.1, -0.05) is 30.3 Å². The summed E-state index contributed by atoms with van der Waals surface area (Å²) in [4.78, 5) is 4.16. The quantitative estimate of drug-likeness (QED) is 0.920. The van der Waals surface area contributed by atoms with E-state index in [9.17, 15) is 8.42 Å². The third-order valence-corrected chi connectivity index (χ3v) is 4.50. The summed E-state index contributed by atoms with van der Waals surface area (Å²) in [6.07, 6.45) is 1.65. The van der Waals surface area contributed by atoms with Gasteiger partial charge in [0.1, 0.15) is 0 Å². The lowest BCUT2D eigenvalue weighted by Crippen LogP contribution is -2.28. The Morgan fingerprint density at radius 3 is 2.50 bits per heavy atom. The zero-order chi connectivity index (χ0) is 14.6. The number of nitrogens with zero attached hydrogens (tertiary/aromatic N) is 1. The molecule has 0 bridgehead atoms. The Bertz CT molecular complexity index is 669. The zero-order valence-electron chi connectivity index (χ0n) is 11.6. The minimum atomic E-state index is -3.39. The predicted molar refractivity (Wildman–Crippen MR) is 79.6 cm³/mol. The monoisotopic (exact) mass is 290 g/mol. The lowest BCUT2D eigenvalue weighted by molar-refractivity contribution is 0.563. The number of hydrogen-bond donors (Lipinski definition) is 1. The highest BCUT2D eigenvalue weighted by molar-refractivity contribution is 7.88. The van der Waals surface area contributed by atoms with Crippen molar-refractivity contribution in [3.63, 3.8) is 0 Å². The van der Waals surface area contributed by atoms with Gasteiger partial charge in [-0.25, -0.2) is 13.1 Å². The molecule has 0 aliphatic heterocycles. The molecule has 106 valence electrons. The summed E-state index contributed by atoms with van der Waals surface area (Å²) >= 11 is 0. The number of hydrogen-bond acceptors (Lipinski definition) is 3. The molecule has 4 nitrogen and oxygen atoms in total. The largest absolute Gasteiger partial charge is 0.260 e. The molecule has 2 aromatic rings. The van der Waals surface area contributed by atoms with E-state index in [2.05, 4.69) is 9.71 Å². The Hall–Kier alpha value is -1.72. The van der Waals surface area contributed by atoms with Crippen LogP contribution in [0.25, 0.3) is 0 Å². The second-order valence-corrected chi connectivity index (χ2v) is 6.53. The van der Waals surface area contributed by atoms with Crippen molar-refractivity contribution < 1.29 is 8.42 Å². The molecule has 0 saturated heterocycles. The Morgan fingerprint density at radius 1 is 1.15 bits per heavy atom. The number of rotatable bonds is 5. The molecule has 0 aliphatic carbocycles. The molecule has 5 heteroatoms. The van der Waals surface area contributed by atoms with Crippen molar-refractivity contribution in [2.45, 2.75) is 25.6 Å². The van der Waals surface area contributed by atoms with Gasteiger partial charge in [-0.2, -0.15) is 0 Å². The van der Waals surface area contributed by atoms with Crippen molar-refractivity contribution in [3.05, 3.63) is 65.5 Å². The maximum Gasteiger partial charge on any atom is 0.216 e. The van der Waals surface area contributed by atoms with E-state index in [-0.39, 0.29) is 11.8 Å². The molecular formula is C15H18N2O2S. The molecular weight excluding hydrogens is 272 g/mol. The van der Waals surface area contributed by atoms with Crippen molar-refractivity contribution in [1.82, 2.24) is 9.71 Å². The van der Waals surface area contributed by atoms with Crippen LogP contribution in [-0.4, -0.2) is 13.4 Å². The van der Waals surface area contributed by atoms with Crippen molar-refractivity contribution >= 4 is 10.0 Å². The van der Waals surface area contributed by atoms with Gasteiger partial charge >= 0.3 is 0 Å². The van der Waals surface area contributed by atoms with Crippen molar-refractivity contribution in [1.29, 1.82) is 0 Å². The molecule has 1 heterocycles. The fourth-order valence-corrected chi connectivity index (χ4v) is 3.46. The summed E-state index contributed by atoms with van der Waals surface area (Å²) in [5, 5.41) is 0. The van der Waals surface area contributed by atoms with E-state index in [0.717, 1.165) is 11.1 Å². The maximum atomic E-state index is 12.2. The van der Waals surface area contributed by atoms with E-state index in [1.54, 1.807) is 25.3 Å². The van der Waals surface area contributed by atoms with Gasteiger partial charge in [0.2, 0.25) is 10.0 Å². The molecule has 0 saturated carbocycles. The minimum Gasteiger partial charge on any atom is -0.260 e. The van der Waals surface area contributed by atoms with E-state index >= 15 is 0 Å². The lowest BCUT2D eigenvalue weighted by Gasteiger charge is -2.14. The summed E-state index contributed by atoms with van der Waals surface area (Å²) in [5.74, 6) is -0.0170. The van der Waals surface area contributed by atoms with Gasteiger partial charge in [0, 0.05) is 6.20 Å². The molecule has 1 unspecified atom stereocenters. The average Bonchev–Trinajstić information content (AvgIpc) is 2.41. The van der Waals surface area contributed by atoms with E-state index in [1.165, 1.54) is 0 Å². The molecule has 0 spiro atoms. The van der Waals surface area contributed by atoms with Crippen molar-refractivity contribution in [3.8, 4) is 0 Å². The standard InChI is InChI=1S/C15H18N2O2S/c1-12-7-3-4-8-14(12)11-20(18,19)17-13(2)15-9-5-6-10-16-15/h3-10,13,17H,11H2,1-2H3. The van der Waals surface area contributed by atoms with Crippen LogP contribution in [0.15, 0.2) is 48.7 Å². The number of aryl methyl sites for hydroxylation is 1. The third-order valence-electron chi connectivity index (χ3n) is 3.09. The van der Waals surface area contributed by atoms with E-state index < -0.39 is 10.0 Å². The first-order valence-corrected chi connectivity index (χ1v) is 8.08. The molecule has 0 amide bonds. The van der Waals surface area contributed by atoms with Gasteiger partial charge in [0.15, 0.2) is 0 Å². The first-order valence-electron chi connectivity index (χ1n) is 6.43. The minimum absolute atomic E-state index is 0.0170. The van der Waals surface area contributed by atoms with Crippen molar-refractivity contribution in [2.24, 2.45) is 0 Å². The van der Waals surface area contributed by atoms with Gasteiger partial charge in [-0.15, -0.1) is 0 Å². The molecule has 1 N–H and O–H groups in total. The molecule has 0 aliphatic rings. The third kappa shape index (κ3) is 3.88. The first-order chi connectivity index (χ1) is 9.48. The van der Waals surface area contributed by atoms with Gasteiger partial charge in [0.25, 0.3) is 0 Å². The lowest BCUT2D eigenvalue weighted by atomic mass is 10.1. The molecule has 2 rings (SSSR count). The van der Waals surface area contributed by atoms with Gasteiger partial charge < -0.3 is 0 Å². The number of nitrogens with one attached hydrogen (secondary N) is 1. The van der Waals surface area contributed by atoms with E-state index in [1.807, 2.05) is 37.3 Å². The molecule has 20 heavy (non-hydrogen) atoms. The molecule has 1 aromatic carbocycles. The van der Waals surface area contributed by atoms with Crippen LogP contribution in [0.4, 0.5) is 0 Å². The van der Waals surface area contributed by atoms with Crippen LogP contribution in [0.3, 0.4) is 0 Å². The van der Waals surface area contributed by atoms with Gasteiger partial charge in [-0.05, 0) is 37.1 Å². The van der Waals surface area contributed by atoms with Crippen LogP contribution in [0, 0.1) is 6.92 Å². The Morgan fingerprint density at radius 2 is 1.85 bits per heavy atom. The van der Waals surface area contributed by atoms with Crippen LogP contribution in [0.5, 0.6) is 0 Å². The fraction of sp³-hybridized carbons (Fsp3) is 0.267. The smallest absolute Gasteiger partial charge is 0.216 e. The number of benzene rings is 1. The average molecular weight is 290 g/mol. The van der Waals surface area contributed by atoms with Gasteiger partial charge in [0.05, 0.1) is 17.5 Å². The molecule has 0 radical (unpaired) electrons. The van der Waals surface area contributed by atoms with E-state index in [4.69, 9.17) is 0 Å². The highest BCUT2D eigenvalue weighted by atomic mass is 32.2. The topological polar surface area (TPSA) is 59.1 Å². The van der Waals surface area contributed by atoms with Crippen molar-refractivity contribution in [2.75, 3.05) is 0 Å². The van der Waals surface area contributed by atoms with Gasteiger partial charge in [-0.3, -0.25) is 4.98 Å². The summed E-state index contributed by atoms with van der Waals surface area (Å²) in [6.45, 7) is 3.70. The second-order valence-electron chi connectivity index (χ2n) is 4.78. The normalized spacial score (nSPS) is 13.1. The van der Waals surface area contributed by atoms with Crippen LogP contribution in [-0.2, 0) is 15.8 Å². The number of aromatic nitrogens is 1. The summed E-state index contributed by atoms with van der Waals surface area (Å²) in [6, 6.07) is 12.6. The zero-order valence-corrected chi connectivity index (χ0v) is 12.4. The van der Waals surface area contributed by atoms with Crippen LogP contribution in [0.1, 0.15) is 29.8 Å². The van der Waals surface area contributed by atoms with Crippen LogP contribution in [0.2, 0.25) is 0 Å². The summed E-state index contributed by atoms with van der Waals surface area (Å²) < 4.78 is 27.1. The number of pyridine rings is 1. The highest BCUT2D eigenvalue weighted by Gasteiger charge is 2.17. The molecule has 1 aromatic heterocycles. The SMILES string of the molecule is Cc1ccccc1CS(=O)(=O)NC(C)c1ccccn1. The second kappa shape index (κ2) is 6.15. The first kappa shape index (κ1) is 14.7. The Labute approximate surface area is 119 Å². The van der Waals surface area contributed by atoms with Crippen LogP contribution >= 0.6 is 0 Å². The number of sulfonamides is 1. The highest BCUT2D eigenvalue weighted by Crippen LogP contribution is 2.14. The molecule has 0 fully saturated rings. The predicted octanol–water partition coefficient (Wildman–Crippen LogP) is 2.57. The summed E-state index contributed by atoms with van der Waals surface area (Å²) in [5.41, 5.74) is 2.50. The maximum absolute atomic E-state index is 12.2. The Kier molecular flexibility index (Phi) is 4.52.